The lowest BCUT2D eigenvalue weighted by Crippen LogP contribution is -2.01. The zero-order valence-electron chi connectivity index (χ0n) is 10.2. The van der Waals surface area contributed by atoms with Crippen LogP contribution in [0, 0.1) is 0 Å². The first-order chi connectivity index (χ1) is 9.66. The number of anilines is 1. The number of rotatable bonds is 2. The number of hydrogen-bond donors (Lipinski definition) is 1. The van der Waals surface area contributed by atoms with Gasteiger partial charge in [-0.3, -0.25) is 0 Å². The summed E-state index contributed by atoms with van der Waals surface area (Å²) in [4.78, 5) is 0. The van der Waals surface area contributed by atoms with Gasteiger partial charge >= 0.3 is 0 Å². The van der Waals surface area contributed by atoms with Crippen molar-refractivity contribution in [2.75, 3.05) is 5.73 Å². The molecule has 0 saturated heterocycles. The van der Waals surface area contributed by atoms with Crippen molar-refractivity contribution in [2.45, 2.75) is 0 Å². The van der Waals surface area contributed by atoms with Gasteiger partial charge in [-0.05, 0) is 72.6 Å². The Hall–Kier alpha value is -1.73. The van der Waals surface area contributed by atoms with Gasteiger partial charge in [0.05, 0.1) is 5.69 Å². The van der Waals surface area contributed by atoms with E-state index in [0.717, 1.165) is 20.2 Å². The average Bonchev–Trinajstić information content (AvgIpc) is 2.91. The van der Waals surface area contributed by atoms with Crippen molar-refractivity contribution in [3.8, 4) is 17.1 Å². The normalized spacial score (nSPS) is 10.7. The number of tetrazole rings is 1. The number of para-hydroxylation sites is 1. The highest BCUT2D eigenvalue weighted by Gasteiger charge is 2.13. The first-order valence-corrected chi connectivity index (χ1v) is 7.34. The van der Waals surface area contributed by atoms with Crippen LogP contribution < -0.4 is 5.73 Å². The molecule has 100 valence electrons. The monoisotopic (exact) mass is 393 g/mol. The lowest BCUT2D eigenvalue weighted by atomic mass is 10.2. The van der Waals surface area contributed by atoms with Crippen LogP contribution in [0.3, 0.4) is 0 Å². The average molecular weight is 395 g/mol. The van der Waals surface area contributed by atoms with Gasteiger partial charge in [0, 0.05) is 20.2 Å². The molecule has 3 rings (SSSR count). The minimum Gasteiger partial charge on any atom is -0.398 e. The van der Waals surface area contributed by atoms with E-state index < -0.39 is 0 Å². The summed E-state index contributed by atoms with van der Waals surface area (Å²) in [6, 6.07) is 13.4. The molecular formula is C13H9Br2N5. The van der Waals surface area contributed by atoms with Crippen molar-refractivity contribution in [3.63, 3.8) is 0 Å². The van der Waals surface area contributed by atoms with E-state index in [-0.39, 0.29) is 0 Å². The minimum atomic E-state index is 0.635. The van der Waals surface area contributed by atoms with Crippen molar-refractivity contribution in [1.29, 1.82) is 0 Å². The third-order valence-electron chi connectivity index (χ3n) is 2.80. The fraction of sp³-hybridized carbons (Fsp3) is 0. The van der Waals surface area contributed by atoms with Crippen molar-refractivity contribution >= 4 is 37.5 Å². The number of aromatic nitrogens is 4. The summed E-state index contributed by atoms with van der Waals surface area (Å²) in [6.07, 6.45) is 0. The Labute approximate surface area is 132 Å². The zero-order valence-corrected chi connectivity index (χ0v) is 13.3. The Morgan fingerprint density at radius 3 is 2.55 bits per heavy atom. The quantitative estimate of drug-likeness (QED) is 0.676. The van der Waals surface area contributed by atoms with Gasteiger partial charge in [0.25, 0.3) is 0 Å². The standard InChI is InChI=1S/C13H9Br2N5/c14-9-6-5-8(7-11(9)16)13-17-18-19-20(13)12-4-2-1-3-10(12)15/h1-7H,16H2. The van der Waals surface area contributed by atoms with Crippen LogP contribution in [0.25, 0.3) is 17.1 Å². The summed E-state index contributed by atoms with van der Waals surface area (Å²) in [5.41, 5.74) is 8.28. The van der Waals surface area contributed by atoms with Gasteiger partial charge in [-0.15, -0.1) is 5.10 Å². The highest BCUT2D eigenvalue weighted by molar-refractivity contribution is 9.11. The van der Waals surface area contributed by atoms with Crippen molar-refractivity contribution in [3.05, 3.63) is 51.4 Å². The molecule has 2 aromatic carbocycles. The molecule has 0 bridgehead atoms. The van der Waals surface area contributed by atoms with Gasteiger partial charge in [-0.1, -0.05) is 12.1 Å². The predicted octanol–water partition coefficient (Wildman–Crippen LogP) is 3.44. The van der Waals surface area contributed by atoms with E-state index in [2.05, 4.69) is 47.4 Å². The lowest BCUT2D eigenvalue weighted by Gasteiger charge is -2.07. The Bertz CT molecular complexity index is 769. The number of nitrogen functional groups attached to an aromatic ring is 1. The van der Waals surface area contributed by atoms with Gasteiger partial charge in [0.15, 0.2) is 5.82 Å². The smallest absolute Gasteiger partial charge is 0.187 e. The molecular weight excluding hydrogens is 386 g/mol. The maximum absolute atomic E-state index is 5.91. The Kier molecular flexibility index (Phi) is 3.54. The van der Waals surface area contributed by atoms with Crippen LogP contribution in [0.1, 0.15) is 0 Å². The van der Waals surface area contributed by atoms with Crippen LogP contribution >= 0.6 is 31.9 Å². The molecule has 3 aromatic rings. The molecule has 0 aliphatic rings. The third-order valence-corrected chi connectivity index (χ3v) is 4.20. The molecule has 0 amide bonds. The third kappa shape index (κ3) is 2.34. The molecule has 0 radical (unpaired) electrons. The molecule has 0 unspecified atom stereocenters. The van der Waals surface area contributed by atoms with Crippen molar-refractivity contribution < 1.29 is 0 Å². The highest BCUT2D eigenvalue weighted by Crippen LogP contribution is 2.28. The lowest BCUT2D eigenvalue weighted by molar-refractivity contribution is 0.789. The summed E-state index contributed by atoms with van der Waals surface area (Å²) in [6.45, 7) is 0. The second kappa shape index (κ2) is 5.34. The SMILES string of the molecule is Nc1cc(-c2nnnn2-c2ccccc2Br)ccc1Br. The molecule has 5 nitrogen and oxygen atoms in total. The van der Waals surface area contributed by atoms with E-state index in [1.807, 2.05) is 42.5 Å². The molecule has 0 saturated carbocycles. The molecule has 0 aliphatic heterocycles. The summed E-state index contributed by atoms with van der Waals surface area (Å²) in [5, 5.41) is 11.9. The zero-order chi connectivity index (χ0) is 14.1. The van der Waals surface area contributed by atoms with Gasteiger partial charge in [-0.25, -0.2) is 0 Å². The van der Waals surface area contributed by atoms with E-state index in [0.29, 0.717) is 11.5 Å². The van der Waals surface area contributed by atoms with Crippen molar-refractivity contribution in [1.82, 2.24) is 20.2 Å². The Morgan fingerprint density at radius 1 is 1.00 bits per heavy atom. The van der Waals surface area contributed by atoms with Crippen LogP contribution in [0.15, 0.2) is 51.4 Å². The summed E-state index contributed by atoms with van der Waals surface area (Å²) in [7, 11) is 0. The first kappa shape index (κ1) is 13.3. The second-order valence-corrected chi connectivity index (χ2v) is 5.81. The molecule has 0 spiro atoms. The van der Waals surface area contributed by atoms with Crippen molar-refractivity contribution in [2.24, 2.45) is 0 Å². The molecule has 2 N–H and O–H groups in total. The number of nitrogens with zero attached hydrogens (tertiary/aromatic N) is 4. The number of benzene rings is 2. The van der Waals surface area contributed by atoms with E-state index in [1.54, 1.807) is 4.68 Å². The molecule has 0 fully saturated rings. The van der Waals surface area contributed by atoms with E-state index >= 15 is 0 Å². The maximum atomic E-state index is 5.91. The maximum Gasteiger partial charge on any atom is 0.187 e. The molecule has 1 heterocycles. The van der Waals surface area contributed by atoms with E-state index in [9.17, 15) is 0 Å². The summed E-state index contributed by atoms with van der Waals surface area (Å²) in [5.74, 6) is 0.635. The van der Waals surface area contributed by atoms with Crippen LogP contribution in [0.2, 0.25) is 0 Å². The molecule has 0 aliphatic carbocycles. The molecule has 0 atom stereocenters. The van der Waals surface area contributed by atoms with Gasteiger partial charge in [-0.2, -0.15) is 4.68 Å². The van der Waals surface area contributed by atoms with Gasteiger partial charge in [0.2, 0.25) is 0 Å². The first-order valence-electron chi connectivity index (χ1n) is 5.75. The fourth-order valence-corrected chi connectivity index (χ4v) is 2.54. The molecule has 20 heavy (non-hydrogen) atoms. The predicted molar refractivity (Wildman–Crippen MR) is 84.4 cm³/mol. The summed E-state index contributed by atoms with van der Waals surface area (Å²) < 4.78 is 3.44. The topological polar surface area (TPSA) is 69.6 Å². The van der Waals surface area contributed by atoms with Crippen LogP contribution in [-0.2, 0) is 0 Å². The Balaban J connectivity index is 2.15. The van der Waals surface area contributed by atoms with E-state index in [4.69, 9.17) is 5.73 Å². The number of hydrogen-bond acceptors (Lipinski definition) is 4. The Morgan fingerprint density at radius 2 is 1.80 bits per heavy atom. The minimum absolute atomic E-state index is 0.635. The van der Waals surface area contributed by atoms with Gasteiger partial charge < -0.3 is 5.73 Å². The fourth-order valence-electron chi connectivity index (χ4n) is 1.84. The molecule has 7 heteroatoms. The van der Waals surface area contributed by atoms with Crippen LogP contribution in [0.4, 0.5) is 5.69 Å². The highest BCUT2D eigenvalue weighted by atomic mass is 79.9. The van der Waals surface area contributed by atoms with Gasteiger partial charge in [0.1, 0.15) is 0 Å². The second-order valence-electron chi connectivity index (χ2n) is 4.10. The van der Waals surface area contributed by atoms with Crippen LogP contribution in [0.5, 0.6) is 0 Å². The number of nitrogens with two attached hydrogens (primary N) is 1. The largest absolute Gasteiger partial charge is 0.398 e. The number of halogens is 2. The molecule has 1 aromatic heterocycles. The van der Waals surface area contributed by atoms with Crippen LogP contribution in [-0.4, -0.2) is 20.2 Å². The summed E-state index contributed by atoms with van der Waals surface area (Å²) >= 11 is 6.88. The van der Waals surface area contributed by atoms with E-state index in [1.165, 1.54) is 0 Å².